The molecule has 1 fully saturated rings. The van der Waals surface area contributed by atoms with Crippen molar-refractivity contribution in [3.05, 3.63) is 23.5 Å². The molecule has 1 aromatic rings. The van der Waals surface area contributed by atoms with Gasteiger partial charge in [-0.15, -0.1) is 0 Å². The maximum atomic E-state index is 12.3. The lowest BCUT2D eigenvalue weighted by Gasteiger charge is -2.33. The zero-order chi connectivity index (χ0) is 17.3. The average Bonchev–Trinajstić information content (AvgIpc) is 3.24. The molecular formula is C16H22ClN3O3. The van der Waals surface area contributed by atoms with Crippen molar-refractivity contribution in [3.63, 3.8) is 0 Å². The summed E-state index contributed by atoms with van der Waals surface area (Å²) < 4.78 is 5.41. The lowest BCUT2D eigenvalue weighted by Crippen LogP contribution is -2.48. The number of halogens is 1. The number of ether oxygens (including phenoxy) is 1. The number of carbonyl (C=O) groups excluding carboxylic acids is 2. The number of hydrogen-bond donors (Lipinski definition) is 0. The minimum absolute atomic E-state index is 0.367. The number of likely N-dealkylation sites (N-methyl/N-ethyl adjacent to an activating group) is 1. The Morgan fingerprint density at radius 2 is 2.09 bits per heavy atom. The fraction of sp³-hybridized carbons (Fsp3) is 0.562. The molecule has 0 aromatic carbocycles. The van der Waals surface area contributed by atoms with Crippen molar-refractivity contribution in [3.8, 4) is 0 Å². The highest BCUT2D eigenvalue weighted by Crippen LogP contribution is 2.42. The quantitative estimate of drug-likeness (QED) is 0.611. The van der Waals surface area contributed by atoms with Gasteiger partial charge in [-0.2, -0.15) is 0 Å². The Hall–Kier alpha value is -1.82. The van der Waals surface area contributed by atoms with Crippen LogP contribution in [0.2, 0.25) is 5.15 Å². The van der Waals surface area contributed by atoms with E-state index in [0.29, 0.717) is 17.4 Å². The van der Waals surface area contributed by atoms with Gasteiger partial charge in [-0.25, -0.2) is 9.78 Å². The minimum Gasteiger partial charge on any atom is -0.444 e. The molecule has 1 aliphatic carbocycles. The molecule has 2 amide bonds. The van der Waals surface area contributed by atoms with Crippen LogP contribution in [0.25, 0.3) is 0 Å². The van der Waals surface area contributed by atoms with E-state index in [1.807, 2.05) is 20.8 Å². The highest BCUT2D eigenvalue weighted by Gasteiger charge is 2.50. The minimum atomic E-state index is -0.550. The first-order valence-electron chi connectivity index (χ1n) is 7.47. The van der Waals surface area contributed by atoms with Crippen LogP contribution in [0, 0.1) is 0 Å². The molecule has 0 bridgehead atoms. The van der Waals surface area contributed by atoms with E-state index in [1.54, 1.807) is 30.3 Å². The van der Waals surface area contributed by atoms with Crippen LogP contribution in [0.15, 0.2) is 18.3 Å². The summed E-state index contributed by atoms with van der Waals surface area (Å²) in [5, 5.41) is 0.367. The van der Waals surface area contributed by atoms with Gasteiger partial charge in [0.2, 0.25) is 6.41 Å². The molecule has 6 nitrogen and oxygen atoms in total. The normalized spacial score (nSPS) is 15.7. The lowest BCUT2D eigenvalue weighted by atomic mass is 10.2. The summed E-state index contributed by atoms with van der Waals surface area (Å²) in [7, 11) is 1.71. The number of aromatic nitrogens is 1. The third-order valence-electron chi connectivity index (χ3n) is 3.84. The number of rotatable bonds is 5. The second-order valence-electron chi connectivity index (χ2n) is 6.84. The third-order valence-corrected chi connectivity index (χ3v) is 4.06. The second-order valence-corrected chi connectivity index (χ2v) is 7.22. The zero-order valence-electron chi connectivity index (χ0n) is 13.9. The van der Waals surface area contributed by atoms with Gasteiger partial charge in [0.15, 0.2) is 0 Å². The molecule has 126 valence electrons. The molecule has 1 heterocycles. The summed E-state index contributed by atoms with van der Waals surface area (Å²) in [6.45, 7) is 5.88. The summed E-state index contributed by atoms with van der Waals surface area (Å²) in [6.07, 6.45) is 3.56. The lowest BCUT2D eigenvalue weighted by molar-refractivity contribution is -0.107. The van der Waals surface area contributed by atoms with Crippen molar-refractivity contribution in [2.24, 2.45) is 0 Å². The van der Waals surface area contributed by atoms with Crippen molar-refractivity contribution in [2.75, 3.05) is 18.5 Å². The van der Waals surface area contributed by atoms with Crippen molar-refractivity contribution in [1.82, 2.24) is 9.88 Å². The van der Waals surface area contributed by atoms with Crippen molar-refractivity contribution < 1.29 is 14.3 Å². The molecule has 1 aromatic heterocycles. The molecule has 1 aliphatic rings. The Kier molecular flexibility index (Phi) is 4.84. The third kappa shape index (κ3) is 4.34. The molecule has 0 atom stereocenters. The maximum absolute atomic E-state index is 12.3. The summed E-state index contributed by atoms with van der Waals surface area (Å²) in [5.41, 5.74) is -0.289. The van der Waals surface area contributed by atoms with Crippen molar-refractivity contribution in [2.45, 2.75) is 44.8 Å². The van der Waals surface area contributed by atoms with Crippen LogP contribution in [-0.4, -0.2) is 47.1 Å². The Balaban J connectivity index is 2.09. The van der Waals surface area contributed by atoms with Gasteiger partial charge >= 0.3 is 6.09 Å². The predicted molar refractivity (Wildman–Crippen MR) is 88.6 cm³/mol. The highest BCUT2D eigenvalue weighted by atomic mass is 35.5. The van der Waals surface area contributed by atoms with E-state index in [2.05, 4.69) is 4.98 Å². The van der Waals surface area contributed by atoms with Gasteiger partial charge in [0.1, 0.15) is 10.8 Å². The summed E-state index contributed by atoms with van der Waals surface area (Å²) >= 11 is 5.77. The standard InChI is InChI=1S/C16H22ClN3O3/c1-15(2,3)23-14(22)19(4)16(7-8-16)10-20(11-21)12-5-6-13(17)18-9-12/h5-6,9,11H,7-8,10H2,1-4H3. The van der Waals surface area contributed by atoms with Gasteiger partial charge in [0.05, 0.1) is 17.4 Å². The summed E-state index contributed by atoms with van der Waals surface area (Å²) in [6, 6.07) is 3.36. The predicted octanol–water partition coefficient (Wildman–Crippen LogP) is 3.10. The summed E-state index contributed by atoms with van der Waals surface area (Å²) in [4.78, 5) is 30.8. The Morgan fingerprint density at radius 3 is 2.52 bits per heavy atom. The first kappa shape index (κ1) is 17.5. The van der Waals surface area contributed by atoms with E-state index in [-0.39, 0.29) is 11.6 Å². The first-order valence-corrected chi connectivity index (χ1v) is 7.85. The van der Waals surface area contributed by atoms with Crippen molar-refractivity contribution in [1.29, 1.82) is 0 Å². The number of pyridine rings is 1. The Bertz CT molecular complexity index is 579. The Labute approximate surface area is 141 Å². The SMILES string of the molecule is CN(C(=O)OC(C)(C)C)C1(CN(C=O)c2ccc(Cl)nc2)CC1. The number of amides is 2. The number of hydrogen-bond acceptors (Lipinski definition) is 4. The van der Waals surface area contributed by atoms with Gasteiger partial charge in [-0.05, 0) is 45.7 Å². The molecule has 0 spiro atoms. The van der Waals surface area contributed by atoms with E-state index < -0.39 is 5.60 Å². The molecule has 2 rings (SSSR count). The number of nitrogens with zero attached hydrogens (tertiary/aromatic N) is 3. The van der Waals surface area contributed by atoms with Gasteiger partial charge in [-0.1, -0.05) is 11.6 Å². The summed E-state index contributed by atoms with van der Waals surface area (Å²) in [5.74, 6) is 0. The molecule has 23 heavy (non-hydrogen) atoms. The molecule has 0 N–H and O–H groups in total. The molecule has 0 saturated heterocycles. The molecular weight excluding hydrogens is 318 g/mol. The first-order chi connectivity index (χ1) is 10.7. The van der Waals surface area contributed by atoms with E-state index in [9.17, 15) is 9.59 Å². The van der Waals surface area contributed by atoms with Crippen LogP contribution in [0.5, 0.6) is 0 Å². The maximum Gasteiger partial charge on any atom is 0.410 e. The monoisotopic (exact) mass is 339 g/mol. The molecule has 0 radical (unpaired) electrons. The molecule has 1 saturated carbocycles. The van der Waals surface area contributed by atoms with Crippen LogP contribution < -0.4 is 4.90 Å². The van der Waals surface area contributed by atoms with Gasteiger partial charge in [0, 0.05) is 13.6 Å². The van der Waals surface area contributed by atoms with E-state index in [4.69, 9.17) is 16.3 Å². The fourth-order valence-electron chi connectivity index (χ4n) is 2.31. The van der Waals surface area contributed by atoms with Gasteiger partial charge in [-0.3, -0.25) is 4.79 Å². The van der Waals surface area contributed by atoms with Crippen LogP contribution >= 0.6 is 11.6 Å². The van der Waals surface area contributed by atoms with Gasteiger partial charge < -0.3 is 14.5 Å². The fourth-order valence-corrected chi connectivity index (χ4v) is 2.42. The zero-order valence-corrected chi connectivity index (χ0v) is 14.6. The van der Waals surface area contributed by atoms with E-state index >= 15 is 0 Å². The van der Waals surface area contributed by atoms with Crippen LogP contribution in [0.3, 0.4) is 0 Å². The van der Waals surface area contributed by atoms with Crippen LogP contribution in [-0.2, 0) is 9.53 Å². The second kappa shape index (κ2) is 6.35. The largest absolute Gasteiger partial charge is 0.444 e. The highest BCUT2D eigenvalue weighted by molar-refractivity contribution is 6.29. The smallest absolute Gasteiger partial charge is 0.410 e. The molecule has 0 aliphatic heterocycles. The molecule has 7 heteroatoms. The number of carbonyl (C=O) groups is 2. The average molecular weight is 340 g/mol. The van der Waals surface area contributed by atoms with Crippen molar-refractivity contribution >= 4 is 29.8 Å². The van der Waals surface area contributed by atoms with E-state index in [1.165, 1.54) is 4.90 Å². The van der Waals surface area contributed by atoms with Gasteiger partial charge in [0.25, 0.3) is 0 Å². The molecule has 0 unspecified atom stereocenters. The number of anilines is 1. The van der Waals surface area contributed by atoms with E-state index in [0.717, 1.165) is 19.3 Å². The van der Waals surface area contributed by atoms with Crippen LogP contribution in [0.4, 0.5) is 10.5 Å². The Morgan fingerprint density at radius 1 is 1.43 bits per heavy atom. The van der Waals surface area contributed by atoms with Crippen LogP contribution in [0.1, 0.15) is 33.6 Å². The topological polar surface area (TPSA) is 62.7 Å².